The van der Waals surface area contributed by atoms with E-state index in [1.54, 1.807) is 0 Å². The van der Waals surface area contributed by atoms with Gasteiger partial charge in [0.2, 0.25) is 0 Å². The summed E-state index contributed by atoms with van der Waals surface area (Å²) in [6.45, 7) is 2.99. The Kier molecular flexibility index (Phi) is 6.24. The fourth-order valence-corrected chi connectivity index (χ4v) is 2.52. The molecule has 0 amide bonds. The molecule has 2 nitrogen and oxygen atoms in total. The van der Waals surface area contributed by atoms with Crippen LogP contribution in [0.15, 0.2) is 30.3 Å². The Balaban J connectivity index is 1.46. The summed E-state index contributed by atoms with van der Waals surface area (Å²) in [7, 11) is 0. The van der Waals surface area contributed by atoms with Gasteiger partial charge in [-0.2, -0.15) is 0 Å². The van der Waals surface area contributed by atoms with E-state index in [0.29, 0.717) is 6.04 Å². The number of hydrogen-bond acceptors (Lipinski definition) is 2. The topological polar surface area (TPSA) is 21.3 Å². The smallest absolute Gasteiger partial charge is 0.0480 e. The van der Waals surface area contributed by atoms with Crippen LogP contribution in [0.2, 0.25) is 0 Å². The van der Waals surface area contributed by atoms with Gasteiger partial charge in [0, 0.05) is 19.3 Å². The van der Waals surface area contributed by atoms with Crippen LogP contribution in [0.3, 0.4) is 0 Å². The predicted octanol–water partition coefficient (Wildman–Crippen LogP) is 3.17. The maximum atomic E-state index is 5.72. The first-order valence-electron chi connectivity index (χ1n) is 7.30. The zero-order chi connectivity index (χ0) is 12.5. The minimum Gasteiger partial charge on any atom is -0.381 e. The Morgan fingerprint density at radius 3 is 2.78 bits per heavy atom. The van der Waals surface area contributed by atoms with Gasteiger partial charge in [-0.05, 0) is 44.2 Å². The molecule has 1 fully saturated rings. The molecule has 1 atom stereocenters. The number of benzene rings is 1. The molecule has 18 heavy (non-hydrogen) atoms. The zero-order valence-electron chi connectivity index (χ0n) is 11.2. The van der Waals surface area contributed by atoms with Crippen molar-refractivity contribution in [3.05, 3.63) is 35.9 Å². The highest BCUT2D eigenvalue weighted by Crippen LogP contribution is 2.10. The standard InChI is InChI=1S/C16H25NO/c1-2-7-15(8-3-1)9-6-13-18-14-11-16-10-4-5-12-17-16/h1-3,7-8,16-17H,4-6,9-14H2/t16-/m1/s1. The van der Waals surface area contributed by atoms with Gasteiger partial charge in [0.25, 0.3) is 0 Å². The molecule has 0 aromatic heterocycles. The van der Waals surface area contributed by atoms with Gasteiger partial charge < -0.3 is 10.1 Å². The second kappa shape index (κ2) is 8.28. The molecule has 1 aliphatic rings. The second-order valence-electron chi connectivity index (χ2n) is 5.14. The van der Waals surface area contributed by atoms with Gasteiger partial charge in [0.1, 0.15) is 0 Å². The molecule has 0 aliphatic carbocycles. The Bertz CT molecular complexity index is 306. The lowest BCUT2D eigenvalue weighted by molar-refractivity contribution is 0.119. The molecular weight excluding hydrogens is 222 g/mol. The lowest BCUT2D eigenvalue weighted by Gasteiger charge is -2.23. The van der Waals surface area contributed by atoms with Crippen LogP contribution in [0.5, 0.6) is 0 Å². The Morgan fingerprint density at radius 2 is 2.00 bits per heavy atom. The minimum absolute atomic E-state index is 0.702. The third kappa shape index (κ3) is 5.19. The van der Waals surface area contributed by atoms with E-state index >= 15 is 0 Å². The van der Waals surface area contributed by atoms with Crippen molar-refractivity contribution in [1.82, 2.24) is 5.32 Å². The summed E-state index contributed by atoms with van der Waals surface area (Å²) >= 11 is 0. The van der Waals surface area contributed by atoms with Crippen LogP contribution in [0.25, 0.3) is 0 Å². The predicted molar refractivity (Wildman–Crippen MR) is 75.8 cm³/mol. The number of hydrogen-bond donors (Lipinski definition) is 1. The van der Waals surface area contributed by atoms with E-state index in [0.717, 1.165) is 26.1 Å². The highest BCUT2D eigenvalue weighted by atomic mass is 16.5. The van der Waals surface area contributed by atoms with Gasteiger partial charge in [0.15, 0.2) is 0 Å². The molecule has 1 aliphatic heterocycles. The maximum absolute atomic E-state index is 5.72. The van der Waals surface area contributed by atoms with Crippen LogP contribution in [0.4, 0.5) is 0 Å². The second-order valence-corrected chi connectivity index (χ2v) is 5.14. The SMILES string of the molecule is c1ccc(CCCOCC[C@H]2CCCCN2)cc1. The molecule has 0 unspecified atom stereocenters. The third-order valence-electron chi connectivity index (χ3n) is 3.62. The average molecular weight is 247 g/mol. The lowest BCUT2D eigenvalue weighted by Crippen LogP contribution is -2.34. The molecule has 1 saturated heterocycles. The van der Waals surface area contributed by atoms with E-state index in [9.17, 15) is 0 Å². The lowest BCUT2D eigenvalue weighted by atomic mass is 10.0. The number of ether oxygens (including phenoxy) is 1. The Morgan fingerprint density at radius 1 is 1.11 bits per heavy atom. The summed E-state index contributed by atoms with van der Waals surface area (Å²) in [6.07, 6.45) is 7.48. The van der Waals surface area contributed by atoms with Gasteiger partial charge in [-0.25, -0.2) is 0 Å². The van der Waals surface area contributed by atoms with E-state index in [2.05, 4.69) is 35.6 Å². The van der Waals surface area contributed by atoms with Crippen molar-refractivity contribution < 1.29 is 4.74 Å². The largest absolute Gasteiger partial charge is 0.381 e. The van der Waals surface area contributed by atoms with Crippen molar-refractivity contribution in [3.63, 3.8) is 0 Å². The quantitative estimate of drug-likeness (QED) is 0.747. The average Bonchev–Trinajstić information content (AvgIpc) is 2.45. The zero-order valence-corrected chi connectivity index (χ0v) is 11.2. The summed E-state index contributed by atoms with van der Waals surface area (Å²) in [5.74, 6) is 0. The van der Waals surface area contributed by atoms with Crippen LogP contribution in [-0.4, -0.2) is 25.8 Å². The molecular formula is C16H25NO. The minimum atomic E-state index is 0.702. The summed E-state index contributed by atoms with van der Waals surface area (Å²) in [4.78, 5) is 0. The molecule has 1 heterocycles. The van der Waals surface area contributed by atoms with Crippen molar-refractivity contribution in [3.8, 4) is 0 Å². The molecule has 0 bridgehead atoms. The summed E-state index contributed by atoms with van der Waals surface area (Å²) < 4.78 is 5.72. The molecule has 1 aromatic rings. The first-order valence-corrected chi connectivity index (χ1v) is 7.30. The Labute approximate surface area is 111 Å². The van der Waals surface area contributed by atoms with E-state index in [1.165, 1.54) is 37.8 Å². The fourth-order valence-electron chi connectivity index (χ4n) is 2.52. The van der Waals surface area contributed by atoms with E-state index in [-0.39, 0.29) is 0 Å². The third-order valence-corrected chi connectivity index (χ3v) is 3.62. The molecule has 100 valence electrons. The molecule has 2 rings (SSSR count). The van der Waals surface area contributed by atoms with Gasteiger partial charge >= 0.3 is 0 Å². The molecule has 2 heteroatoms. The monoisotopic (exact) mass is 247 g/mol. The molecule has 0 radical (unpaired) electrons. The summed E-state index contributed by atoms with van der Waals surface area (Å²) in [5, 5.41) is 3.56. The molecule has 0 spiro atoms. The van der Waals surface area contributed by atoms with Gasteiger partial charge in [-0.1, -0.05) is 36.8 Å². The number of rotatable bonds is 7. The van der Waals surface area contributed by atoms with Crippen LogP contribution >= 0.6 is 0 Å². The van der Waals surface area contributed by atoms with E-state index < -0.39 is 0 Å². The van der Waals surface area contributed by atoms with Crippen LogP contribution < -0.4 is 5.32 Å². The summed E-state index contributed by atoms with van der Waals surface area (Å²) in [5.41, 5.74) is 1.41. The fraction of sp³-hybridized carbons (Fsp3) is 0.625. The van der Waals surface area contributed by atoms with Crippen molar-refractivity contribution in [2.45, 2.75) is 44.6 Å². The van der Waals surface area contributed by atoms with E-state index in [1.807, 2.05) is 0 Å². The van der Waals surface area contributed by atoms with Crippen molar-refractivity contribution >= 4 is 0 Å². The highest BCUT2D eigenvalue weighted by Gasteiger charge is 2.11. The first-order chi connectivity index (χ1) is 8.95. The maximum Gasteiger partial charge on any atom is 0.0480 e. The van der Waals surface area contributed by atoms with Crippen molar-refractivity contribution in [2.75, 3.05) is 19.8 Å². The number of aryl methyl sites for hydroxylation is 1. The van der Waals surface area contributed by atoms with Crippen LogP contribution in [-0.2, 0) is 11.2 Å². The van der Waals surface area contributed by atoms with Crippen molar-refractivity contribution in [1.29, 1.82) is 0 Å². The first kappa shape index (κ1) is 13.6. The molecule has 1 aromatic carbocycles. The van der Waals surface area contributed by atoms with Crippen LogP contribution in [0, 0.1) is 0 Å². The molecule has 0 saturated carbocycles. The number of nitrogens with one attached hydrogen (secondary N) is 1. The summed E-state index contributed by atoms with van der Waals surface area (Å²) in [6, 6.07) is 11.3. The van der Waals surface area contributed by atoms with E-state index in [4.69, 9.17) is 4.74 Å². The Hall–Kier alpha value is -0.860. The van der Waals surface area contributed by atoms with Gasteiger partial charge in [-0.15, -0.1) is 0 Å². The van der Waals surface area contributed by atoms with Crippen molar-refractivity contribution in [2.24, 2.45) is 0 Å². The molecule has 1 N–H and O–H groups in total. The highest BCUT2D eigenvalue weighted by molar-refractivity contribution is 5.14. The van der Waals surface area contributed by atoms with Gasteiger partial charge in [-0.3, -0.25) is 0 Å². The van der Waals surface area contributed by atoms with Gasteiger partial charge in [0.05, 0.1) is 0 Å². The van der Waals surface area contributed by atoms with Crippen LogP contribution in [0.1, 0.15) is 37.7 Å². The number of piperidine rings is 1. The normalized spacial score (nSPS) is 19.9.